The van der Waals surface area contributed by atoms with Crippen molar-refractivity contribution < 1.29 is 17.6 Å². The molecule has 1 aliphatic rings. The van der Waals surface area contributed by atoms with Crippen LogP contribution in [0.15, 0.2) is 48.5 Å². The van der Waals surface area contributed by atoms with Crippen LogP contribution in [-0.4, -0.2) is 39.7 Å². The third-order valence-electron chi connectivity index (χ3n) is 5.27. The van der Waals surface area contributed by atoms with Crippen LogP contribution >= 0.6 is 0 Å². The van der Waals surface area contributed by atoms with Gasteiger partial charge in [-0.15, -0.1) is 0 Å². The zero-order chi connectivity index (χ0) is 21.7. The highest BCUT2D eigenvalue weighted by atomic mass is 32.2. The molecule has 0 bridgehead atoms. The second kappa shape index (κ2) is 9.47. The summed E-state index contributed by atoms with van der Waals surface area (Å²) in [6.45, 7) is 3.81. The summed E-state index contributed by atoms with van der Waals surface area (Å²) in [7, 11) is -3.76. The van der Waals surface area contributed by atoms with E-state index in [9.17, 15) is 17.6 Å². The zero-order valence-corrected chi connectivity index (χ0v) is 18.2. The highest BCUT2D eigenvalue weighted by molar-refractivity contribution is 7.92. The van der Waals surface area contributed by atoms with Gasteiger partial charge in [-0.3, -0.25) is 9.10 Å². The molecule has 0 radical (unpaired) electrons. The van der Waals surface area contributed by atoms with E-state index in [0.29, 0.717) is 5.69 Å². The highest BCUT2D eigenvalue weighted by Gasteiger charge is 2.31. The number of benzene rings is 2. The fourth-order valence-corrected chi connectivity index (χ4v) is 4.99. The number of nitrogens with one attached hydrogen (secondary N) is 1. The first kappa shape index (κ1) is 22.1. The van der Waals surface area contributed by atoms with Crippen LogP contribution in [0.3, 0.4) is 0 Å². The number of piperidine rings is 1. The van der Waals surface area contributed by atoms with Gasteiger partial charge in [-0.25, -0.2) is 12.8 Å². The van der Waals surface area contributed by atoms with Gasteiger partial charge in [-0.05, 0) is 74.2 Å². The normalized spacial score (nSPS) is 15.5. The van der Waals surface area contributed by atoms with Crippen molar-refractivity contribution in [2.45, 2.75) is 38.6 Å². The van der Waals surface area contributed by atoms with Gasteiger partial charge in [-0.2, -0.15) is 0 Å². The van der Waals surface area contributed by atoms with Crippen LogP contribution in [0.2, 0.25) is 0 Å². The molecule has 1 saturated heterocycles. The second-order valence-electron chi connectivity index (χ2n) is 7.54. The van der Waals surface area contributed by atoms with Crippen LogP contribution in [0, 0.1) is 5.82 Å². The average molecular weight is 434 g/mol. The molecule has 30 heavy (non-hydrogen) atoms. The van der Waals surface area contributed by atoms with Gasteiger partial charge >= 0.3 is 0 Å². The number of carbonyl (C=O) groups is 1. The Morgan fingerprint density at radius 1 is 1.07 bits per heavy atom. The fraction of sp³-hybridized carbons (Fsp3) is 0.409. The van der Waals surface area contributed by atoms with Crippen LogP contribution in [0.5, 0.6) is 0 Å². The molecule has 162 valence electrons. The van der Waals surface area contributed by atoms with E-state index in [1.54, 1.807) is 6.92 Å². The van der Waals surface area contributed by atoms with Crippen molar-refractivity contribution in [2.24, 2.45) is 0 Å². The molecule has 1 atom stereocenters. The molecule has 0 spiro atoms. The minimum Gasteiger partial charge on any atom is -0.372 e. The van der Waals surface area contributed by atoms with Crippen LogP contribution in [0.4, 0.5) is 21.5 Å². The van der Waals surface area contributed by atoms with Gasteiger partial charge < -0.3 is 10.2 Å². The number of hydrogen-bond donors (Lipinski definition) is 1. The molecule has 3 rings (SSSR count). The van der Waals surface area contributed by atoms with E-state index in [1.165, 1.54) is 43.5 Å². The van der Waals surface area contributed by atoms with E-state index >= 15 is 0 Å². The van der Waals surface area contributed by atoms with Crippen molar-refractivity contribution in [2.75, 3.05) is 33.9 Å². The third kappa shape index (κ3) is 5.30. The van der Waals surface area contributed by atoms with Crippen molar-refractivity contribution in [1.82, 2.24) is 0 Å². The number of sulfonamides is 1. The quantitative estimate of drug-likeness (QED) is 0.717. The number of rotatable bonds is 7. The SMILES string of the molecule is CCC(C(=O)Nc1ccc(N2CCCCC2)cc1)N(c1ccc(F)cc1)S(C)(=O)=O. The maximum absolute atomic E-state index is 13.3. The maximum Gasteiger partial charge on any atom is 0.248 e. The molecule has 1 fully saturated rings. The first-order valence-corrected chi connectivity index (χ1v) is 12.1. The molecule has 6 nitrogen and oxygen atoms in total. The Morgan fingerprint density at radius 2 is 1.67 bits per heavy atom. The molecule has 0 aliphatic carbocycles. The monoisotopic (exact) mass is 433 g/mol. The van der Waals surface area contributed by atoms with Crippen molar-refractivity contribution in [1.29, 1.82) is 0 Å². The Labute approximate surface area is 177 Å². The van der Waals surface area contributed by atoms with E-state index in [1.807, 2.05) is 24.3 Å². The van der Waals surface area contributed by atoms with Gasteiger partial charge in [0.05, 0.1) is 11.9 Å². The molecule has 2 aromatic rings. The van der Waals surface area contributed by atoms with E-state index in [2.05, 4.69) is 10.2 Å². The summed E-state index contributed by atoms with van der Waals surface area (Å²) in [6, 6.07) is 11.7. The van der Waals surface area contributed by atoms with E-state index in [-0.39, 0.29) is 12.1 Å². The lowest BCUT2D eigenvalue weighted by Crippen LogP contribution is -2.47. The van der Waals surface area contributed by atoms with Gasteiger partial charge in [0.1, 0.15) is 11.9 Å². The molecule has 1 aliphatic heterocycles. The molecular weight excluding hydrogens is 405 g/mol. The Hall–Kier alpha value is -2.61. The minimum absolute atomic E-state index is 0.251. The summed E-state index contributed by atoms with van der Waals surface area (Å²) in [6.07, 6.45) is 4.93. The topological polar surface area (TPSA) is 69.7 Å². The van der Waals surface area contributed by atoms with Crippen molar-refractivity contribution >= 4 is 33.0 Å². The van der Waals surface area contributed by atoms with Crippen LogP contribution in [0.25, 0.3) is 0 Å². The summed E-state index contributed by atoms with van der Waals surface area (Å²) in [5.41, 5.74) is 1.97. The first-order valence-electron chi connectivity index (χ1n) is 10.2. The van der Waals surface area contributed by atoms with E-state index < -0.39 is 27.8 Å². The number of nitrogens with zero attached hydrogens (tertiary/aromatic N) is 2. The minimum atomic E-state index is -3.76. The molecule has 0 saturated carbocycles. The predicted molar refractivity (Wildman–Crippen MR) is 119 cm³/mol. The van der Waals surface area contributed by atoms with E-state index in [4.69, 9.17) is 0 Å². The number of hydrogen-bond acceptors (Lipinski definition) is 4. The van der Waals surface area contributed by atoms with Crippen molar-refractivity contribution in [3.63, 3.8) is 0 Å². The molecule has 1 unspecified atom stereocenters. The molecule has 0 aromatic heterocycles. The van der Waals surface area contributed by atoms with Crippen LogP contribution < -0.4 is 14.5 Å². The fourth-order valence-electron chi connectivity index (χ4n) is 3.78. The highest BCUT2D eigenvalue weighted by Crippen LogP contribution is 2.25. The smallest absolute Gasteiger partial charge is 0.248 e. The lowest BCUT2D eigenvalue weighted by Gasteiger charge is -2.30. The number of halogens is 1. The largest absolute Gasteiger partial charge is 0.372 e. The van der Waals surface area contributed by atoms with Crippen LogP contribution in [-0.2, 0) is 14.8 Å². The summed E-state index contributed by atoms with van der Waals surface area (Å²) in [5, 5.41) is 2.82. The summed E-state index contributed by atoms with van der Waals surface area (Å²) in [4.78, 5) is 15.3. The van der Waals surface area contributed by atoms with Gasteiger partial charge in [0.25, 0.3) is 0 Å². The van der Waals surface area contributed by atoms with Crippen LogP contribution in [0.1, 0.15) is 32.6 Å². The Bertz CT molecular complexity index is 956. The Kier molecular flexibility index (Phi) is 6.97. The number of carbonyl (C=O) groups excluding carboxylic acids is 1. The van der Waals surface area contributed by atoms with Gasteiger partial charge in [-0.1, -0.05) is 6.92 Å². The maximum atomic E-state index is 13.3. The lowest BCUT2D eigenvalue weighted by molar-refractivity contribution is -0.117. The van der Waals surface area contributed by atoms with E-state index in [0.717, 1.165) is 29.3 Å². The van der Waals surface area contributed by atoms with Crippen molar-refractivity contribution in [3.8, 4) is 0 Å². The van der Waals surface area contributed by atoms with Gasteiger partial charge in [0.2, 0.25) is 15.9 Å². The Morgan fingerprint density at radius 3 is 2.20 bits per heavy atom. The number of anilines is 3. The van der Waals surface area contributed by atoms with Crippen molar-refractivity contribution in [3.05, 3.63) is 54.3 Å². The first-order chi connectivity index (χ1) is 14.3. The summed E-state index contributed by atoms with van der Waals surface area (Å²) < 4.78 is 39.2. The standard InChI is InChI=1S/C22H28FN3O3S/c1-3-21(26(30(2,28)29)20-11-7-17(23)8-12-20)22(27)24-18-9-13-19(14-10-18)25-15-5-4-6-16-25/h7-14,21H,3-6,15-16H2,1-2H3,(H,24,27). The molecule has 8 heteroatoms. The number of amides is 1. The van der Waals surface area contributed by atoms with Gasteiger partial charge in [0.15, 0.2) is 0 Å². The predicted octanol–water partition coefficient (Wildman–Crippen LogP) is 4.00. The molecule has 2 aromatic carbocycles. The second-order valence-corrected chi connectivity index (χ2v) is 9.40. The summed E-state index contributed by atoms with van der Waals surface area (Å²) >= 11 is 0. The molecule has 1 heterocycles. The molecule has 1 amide bonds. The van der Waals surface area contributed by atoms with Gasteiger partial charge in [0, 0.05) is 24.5 Å². The zero-order valence-electron chi connectivity index (χ0n) is 17.3. The average Bonchev–Trinajstić information content (AvgIpc) is 2.73. The molecular formula is C22H28FN3O3S. The Balaban J connectivity index is 1.77. The molecule has 1 N–H and O–H groups in total. The third-order valence-corrected chi connectivity index (χ3v) is 6.45. The lowest BCUT2D eigenvalue weighted by atomic mass is 10.1. The summed E-state index contributed by atoms with van der Waals surface area (Å²) in [5.74, 6) is -0.906.